The van der Waals surface area contributed by atoms with E-state index in [-0.39, 0.29) is 5.56 Å². The molecule has 9 nitrogen and oxygen atoms in total. The molecule has 36 heavy (non-hydrogen) atoms. The number of imidazole rings is 1. The Bertz CT molecular complexity index is 1530. The van der Waals surface area contributed by atoms with Crippen LogP contribution in [0.3, 0.4) is 0 Å². The van der Waals surface area contributed by atoms with Crippen molar-refractivity contribution in [3.63, 3.8) is 0 Å². The van der Waals surface area contributed by atoms with E-state index in [2.05, 4.69) is 21.9 Å². The molecule has 1 aliphatic heterocycles. The van der Waals surface area contributed by atoms with E-state index in [0.29, 0.717) is 41.8 Å². The number of hydrogen-bond donors (Lipinski definition) is 0. The van der Waals surface area contributed by atoms with Crippen molar-refractivity contribution >= 4 is 34.4 Å². The second-order valence-electron chi connectivity index (χ2n) is 9.08. The van der Waals surface area contributed by atoms with Crippen molar-refractivity contribution in [2.75, 3.05) is 43.1 Å². The average Bonchev–Trinajstić information content (AvgIpc) is 3.28. The summed E-state index contributed by atoms with van der Waals surface area (Å²) in [5.74, 6) is 1.49. The number of methoxy groups -OCH3 is 1. The lowest BCUT2D eigenvalue weighted by atomic mass is 10.1. The van der Waals surface area contributed by atoms with E-state index in [1.54, 1.807) is 14.2 Å². The number of ether oxygens (including phenoxy) is 1. The van der Waals surface area contributed by atoms with Gasteiger partial charge in [-0.05, 0) is 48.4 Å². The van der Waals surface area contributed by atoms with E-state index in [9.17, 15) is 9.59 Å². The molecule has 0 amide bonds. The van der Waals surface area contributed by atoms with Crippen LogP contribution in [0.15, 0.2) is 52.1 Å². The molecule has 2 aromatic heterocycles. The Morgan fingerprint density at radius 3 is 2.25 bits per heavy atom. The first kappa shape index (κ1) is 24.0. The average molecular weight is 509 g/mol. The van der Waals surface area contributed by atoms with Crippen LogP contribution < -0.4 is 25.8 Å². The maximum Gasteiger partial charge on any atom is 0.332 e. The minimum Gasteiger partial charge on any atom is -0.497 e. The van der Waals surface area contributed by atoms with E-state index >= 15 is 0 Å². The maximum absolute atomic E-state index is 13.3. The van der Waals surface area contributed by atoms with Gasteiger partial charge in [0.15, 0.2) is 11.2 Å². The molecule has 0 saturated carbocycles. The highest BCUT2D eigenvalue weighted by atomic mass is 35.5. The smallest absolute Gasteiger partial charge is 0.332 e. The van der Waals surface area contributed by atoms with Gasteiger partial charge in [-0.15, -0.1) is 0 Å². The molecule has 0 unspecified atom stereocenters. The maximum atomic E-state index is 13.3. The third-order valence-electron chi connectivity index (χ3n) is 7.00. The summed E-state index contributed by atoms with van der Waals surface area (Å²) in [7, 11) is 4.80. The monoisotopic (exact) mass is 508 g/mol. The molecular formula is C26H29ClN6O3. The Kier molecular flexibility index (Phi) is 6.26. The molecular weight excluding hydrogens is 480 g/mol. The van der Waals surface area contributed by atoms with Gasteiger partial charge in [0.2, 0.25) is 5.95 Å². The highest BCUT2D eigenvalue weighted by Crippen LogP contribution is 2.28. The summed E-state index contributed by atoms with van der Waals surface area (Å²) in [6.45, 7) is 5.39. The molecule has 188 valence electrons. The first-order valence-electron chi connectivity index (χ1n) is 11.8. The molecule has 1 aliphatic rings. The molecule has 0 spiro atoms. The van der Waals surface area contributed by atoms with Gasteiger partial charge in [-0.1, -0.05) is 23.7 Å². The fourth-order valence-electron chi connectivity index (χ4n) is 4.81. The molecule has 0 bridgehead atoms. The van der Waals surface area contributed by atoms with Crippen LogP contribution in [0, 0.1) is 6.92 Å². The van der Waals surface area contributed by atoms with Gasteiger partial charge in [0.05, 0.1) is 13.7 Å². The zero-order valence-corrected chi connectivity index (χ0v) is 21.6. The molecule has 0 N–H and O–H groups in total. The number of halogens is 1. The van der Waals surface area contributed by atoms with Crippen molar-refractivity contribution in [2.24, 2.45) is 14.1 Å². The molecule has 4 aromatic rings. The van der Waals surface area contributed by atoms with Crippen LogP contribution in [-0.4, -0.2) is 52.0 Å². The van der Waals surface area contributed by atoms with Crippen molar-refractivity contribution < 1.29 is 4.74 Å². The summed E-state index contributed by atoms with van der Waals surface area (Å²) in [4.78, 5) is 35.3. The van der Waals surface area contributed by atoms with Gasteiger partial charge >= 0.3 is 5.69 Å². The van der Waals surface area contributed by atoms with Gasteiger partial charge in [-0.2, -0.15) is 4.98 Å². The molecule has 0 radical (unpaired) electrons. The minimum absolute atomic E-state index is 0.367. The topological polar surface area (TPSA) is 77.5 Å². The summed E-state index contributed by atoms with van der Waals surface area (Å²) in [5, 5.41) is 0.633. The van der Waals surface area contributed by atoms with E-state index in [4.69, 9.17) is 21.3 Å². The first-order chi connectivity index (χ1) is 17.3. The molecule has 0 aliphatic carbocycles. The zero-order valence-electron chi connectivity index (χ0n) is 20.9. The summed E-state index contributed by atoms with van der Waals surface area (Å²) in [6, 6.07) is 13.8. The van der Waals surface area contributed by atoms with Crippen molar-refractivity contribution in [3.05, 3.63) is 79.5 Å². The van der Waals surface area contributed by atoms with Crippen molar-refractivity contribution in [3.8, 4) is 5.75 Å². The third-order valence-corrected chi connectivity index (χ3v) is 7.35. The number of aryl methyl sites for hydroxylation is 2. The van der Waals surface area contributed by atoms with E-state index in [0.717, 1.165) is 40.2 Å². The lowest BCUT2D eigenvalue weighted by Gasteiger charge is -2.36. The van der Waals surface area contributed by atoms with Gasteiger partial charge in [0.25, 0.3) is 5.56 Å². The number of anilines is 2. The molecule has 0 atom stereocenters. The Morgan fingerprint density at radius 1 is 0.944 bits per heavy atom. The molecule has 2 aromatic carbocycles. The Morgan fingerprint density at radius 2 is 1.61 bits per heavy atom. The first-order valence-corrected chi connectivity index (χ1v) is 12.2. The number of fused-ring (bicyclic) bond motifs is 1. The quantitative estimate of drug-likeness (QED) is 0.412. The molecule has 3 heterocycles. The van der Waals surface area contributed by atoms with Crippen molar-refractivity contribution in [1.29, 1.82) is 0 Å². The normalized spacial score (nSPS) is 14.0. The van der Waals surface area contributed by atoms with Crippen LogP contribution in [0.2, 0.25) is 5.02 Å². The Labute approximate surface area is 213 Å². The minimum atomic E-state index is -0.401. The molecule has 1 fully saturated rings. The standard InChI is InChI=1S/C26H29ClN6O3/c1-17-6-5-7-21(27)20(17)16-33-22-23(29(2)26(35)30(3)24(22)34)28-25(33)32-14-12-31(13-15-32)18-8-10-19(36-4)11-9-18/h5-11H,12-16H2,1-4H3. The van der Waals surface area contributed by atoms with Crippen LogP contribution in [-0.2, 0) is 20.6 Å². The van der Waals surface area contributed by atoms with E-state index in [1.165, 1.54) is 11.6 Å². The number of benzene rings is 2. The fraction of sp³-hybridized carbons (Fsp3) is 0.346. The third kappa shape index (κ3) is 4.03. The van der Waals surface area contributed by atoms with Gasteiger partial charge in [-0.3, -0.25) is 18.5 Å². The summed E-state index contributed by atoms with van der Waals surface area (Å²) in [6.07, 6.45) is 0. The fourth-order valence-corrected chi connectivity index (χ4v) is 5.09. The van der Waals surface area contributed by atoms with E-state index in [1.807, 2.05) is 41.8 Å². The highest BCUT2D eigenvalue weighted by Gasteiger charge is 2.26. The molecule has 10 heteroatoms. The highest BCUT2D eigenvalue weighted by molar-refractivity contribution is 6.31. The van der Waals surface area contributed by atoms with Crippen LogP contribution in [0.5, 0.6) is 5.75 Å². The van der Waals surface area contributed by atoms with Gasteiger partial charge in [0, 0.05) is 51.0 Å². The van der Waals surface area contributed by atoms with Crippen LogP contribution in [0.1, 0.15) is 11.1 Å². The Balaban J connectivity index is 1.56. The number of hydrogen-bond acceptors (Lipinski definition) is 6. The molecule has 1 saturated heterocycles. The zero-order chi connectivity index (χ0) is 25.6. The van der Waals surface area contributed by atoms with Crippen LogP contribution in [0.25, 0.3) is 11.2 Å². The van der Waals surface area contributed by atoms with Gasteiger partial charge in [-0.25, -0.2) is 4.79 Å². The second-order valence-corrected chi connectivity index (χ2v) is 9.49. The second kappa shape index (κ2) is 9.39. The van der Waals surface area contributed by atoms with Gasteiger partial charge in [0.1, 0.15) is 5.75 Å². The summed E-state index contributed by atoms with van der Waals surface area (Å²) >= 11 is 6.57. The van der Waals surface area contributed by atoms with Gasteiger partial charge < -0.3 is 14.5 Å². The SMILES string of the molecule is COc1ccc(N2CCN(c3nc4c(c(=O)n(C)c(=O)n4C)n3Cc3c(C)cccc3Cl)CC2)cc1. The predicted molar refractivity (Wildman–Crippen MR) is 143 cm³/mol. The summed E-state index contributed by atoms with van der Waals surface area (Å²) in [5.41, 5.74) is 3.09. The van der Waals surface area contributed by atoms with E-state index < -0.39 is 5.69 Å². The van der Waals surface area contributed by atoms with Crippen LogP contribution in [0.4, 0.5) is 11.6 Å². The Hall–Kier alpha value is -3.72. The predicted octanol–water partition coefficient (Wildman–Crippen LogP) is 2.78. The summed E-state index contributed by atoms with van der Waals surface area (Å²) < 4.78 is 9.75. The van der Waals surface area contributed by atoms with Crippen LogP contribution >= 0.6 is 11.6 Å². The number of aromatic nitrogens is 4. The van der Waals surface area contributed by atoms with Crippen molar-refractivity contribution in [1.82, 2.24) is 18.7 Å². The lowest BCUT2D eigenvalue weighted by molar-refractivity contribution is 0.415. The number of rotatable bonds is 5. The molecule has 5 rings (SSSR count). The lowest BCUT2D eigenvalue weighted by Crippen LogP contribution is -2.47. The number of piperazine rings is 1. The van der Waals surface area contributed by atoms with Crippen molar-refractivity contribution in [2.45, 2.75) is 13.5 Å². The number of nitrogens with zero attached hydrogens (tertiary/aromatic N) is 6. The largest absolute Gasteiger partial charge is 0.497 e.